The van der Waals surface area contributed by atoms with Crippen molar-refractivity contribution < 1.29 is 4.79 Å². The summed E-state index contributed by atoms with van der Waals surface area (Å²) < 4.78 is 1.93. The van der Waals surface area contributed by atoms with E-state index in [1.165, 1.54) is 16.2 Å². The minimum atomic E-state index is -0.272. The van der Waals surface area contributed by atoms with E-state index in [-0.39, 0.29) is 11.9 Å². The second kappa shape index (κ2) is 6.38. The molecule has 0 fully saturated rings. The molecule has 3 rings (SSSR count). The van der Waals surface area contributed by atoms with Gasteiger partial charge in [-0.2, -0.15) is 0 Å². The number of benzene rings is 1. The van der Waals surface area contributed by atoms with Crippen LogP contribution in [0.25, 0.3) is 0 Å². The minimum Gasteiger partial charge on any atom is -0.337 e. The van der Waals surface area contributed by atoms with Crippen molar-refractivity contribution >= 4 is 17.2 Å². The van der Waals surface area contributed by atoms with E-state index >= 15 is 0 Å². The molecule has 1 aromatic carbocycles. The highest BCUT2D eigenvalue weighted by atomic mass is 32.1. The number of nitrogens with zero attached hydrogens (tertiary/aromatic N) is 2. The number of nitrogens with one attached hydrogen (secondary N) is 1. The van der Waals surface area contributed by atoms with Gasteiger partial charge in [0.25, 0.3) is 5.91 Å². The van der Waals surface area contributed by atoms with E-state index in [0.717, 1.165) is 21.8 Å². The zero-order valence-electron chi connectivity index (χ0n) is 13.4. The number of aromatic nitrogens is 2. The van der Waals surface area contributed by atoms with Gasteiger partial charge in [-0.15, -0.1) is 11.3 Å². The summed E-state index contributed by atoms with van der Waals surface area (Å²) in [5.74, 6) is 0.748. The molecule has 0 aliphatic rings. The Morgan fingerprint density at radius 2 is 2.00 bits per heavy atom. The molecule has 0 saturated heterocycles. The fourth-order valence-electron chi connectivity index (χ4n) is 2.49. The Kier molecular flexibility index (Phi) is 4.30. The quantitative estimate of drug-likeness (QED) is 0.796. The normalized spacial score (nSPS) is 12.1. The number of imidazole rings is 1. The maximum atomic E-state index is 12.7. The molecule has 2 heterocycles. The van der Waals surface area contributed by atoms with Crippen molar-refractivity contribution in [1.29, 1.82) is 0 Å². The Labute approximate surface area is 139 Å². The molecule has 2 aromatic heterocycles. The molecule has 0 bridgehead atoms. The van der Waals surface area contributed by atoms with Gasteiger partial charge in [0.2, 0.25) is 0 Å². The molecule has 1 amide bonds. The van der Waals surface area contributed by atoms with Crippen molar-refractivity contribution in [3.05, 3.63) is 75.5 Å². The van der Waals surface area contributed by atoms with Gasteiger partial charge in [-0.1, -0.05) is 30.3 Å². The maximum Gasteiger partial charge on any atom is 0.262 e. The van der Waals surface area contributed by atoms with Crippen LogP contribution in [0.3, 0.4) is 0 Å². The lowest BCUT2D eigenvalue weighted by Gasteiger charge is -2.18. The number of hydrogen-bond donors (Lipinski definition) is 1. The number of carbonyl (C=O) groups is 1. The van der Waals surface area contributed by atoms with Gasteiger partial charge in [0.15, 0.2) is 0 Å². The first-order chi connectivity index (χ1) is 11.1. The van der Waals surface area contributed by atoms with E-state index in [4.69, 9.17) is 0 Å². The minimum absolute atomic E-state index is 0.0666. The van der Waals surface area contributed by atoms with Crippen LogP contribution in [0.2, 0.25) is 0 Å². The molecule has 1 unspecified atom stereocenters. The highest BCUT2D eigenvalue weighted by Crippen LogP contribution is 2.24. The summed E-state index contributed by atoms with van der Waals surface area (Å²) in [7, 11) is 1.93. The third kappa shape index (κ3) is 3.19. The number of rotatable bonds is 4. The molecule has 118 valence electrons. The molecule has 4 nitrogen and oxygen atoms in total. The second-order valence-corrected chi connectivity index (χ2v) is 6.82. The first kappa shape index (κ1) is 15.5. The third-order valence-electron chi connectivity index (χ3n) is 3.91. The van der Waals surface area contributed by atoms with E-state index in [1.807, 2.05) is 68.1 Å². The van der Waals surface area contributed by atoms with Crippen LogP contribution in [0.15, 0.2) is 48.8 Å². The highest BCUT2D eigenvalue weighted by Gasteiger charge is 2.22. The van der Waals surface area contributed by atoms with Crippen LogP contribution < -0.4 is 5.32 Å². The summed E-state index contributed by atoms with van der Waals surface area (Å²) in [5, 5.41) is 3.12. The Bertz CT molecular complexity index is 800. The van der Waals surface area contributed by atoms with E-state index in [9.17, 15) is 4.79 Å². The Hall–Kier alpha value is -2.40. The van der Waals surface area contributed by atoms with Gasteiger partial charge in [0, 0.05) is 24.3 Å². The van der Waals surface area contributed by atoms with Crippen molar-refractivity contribution in [3.8, 4) is 0 Å². The summed E-state index contributed by atoms with van der Waals surface area (Å²) in [6.45, 7) is 4.06. The Morgan fingerprint density at radius 1 is 1.26 bits per heavy atom. The average molecular weight is 325 g/mol. The summed E-state index contributed by atoms with van der Waals surface area (Å²) in [6.07, 6.45) is 3.63. The average Bonchev–Trinajstić information content (AvgIpc) is 3.12. The van der Waals surface area contributed by atoms with Crippen LogP contribution >= 0.6 is 11.3 Å². The predicted octanol–water partition coefficient (Wildman–Crippen LogP) is 3.62. The fraction of sp³-hybridized carbons (Fsp3) is 0.222. The van der Waals surface area contributed by atoms with E-state index in [0.29, 0.717) is 0 Å². The summed E-state index contributed by atoms with van der Waals surface area (Å²) >= 11 is 1.52. The summed E-state index contributed by atoms with van der Waals surface area (Å²) in [4.78, 5) is 19.0. The molecule has 1 atom stereocenters. The number of thiophene rings is 1. The number of hydrogen-bond acceptors (Lipinski definition) is 3. The second-order valence-electron chi connectivity index (χ2n) is 5.56. The Morgan fingerprint density at radius 3 is 2.57 bits per heavy atom. The SMILES string of the molecule is Cc1cc(C(=O)NC(c2ccccc2)c2nccn2C)sc1C. The van der Waals surface area contributed by atoms with Gasteiger partial charge in [0.1, 0.15) is 11.9 Å². The van der Waals surface area contributed by atoms with Crippen LogP contribution in [0.4, 0.5) is 0 Å². The van der Waals surface area contributed by atoms with E-state index < -0.39 is 0 Å². The molecular weight excluding hydrogens is 306 g/mol. The monoisotopic (exact) mass is 325 g/mol. The van der Waals surface area contributed by atoms with Crippen LogP contribution in [-0.4, -0.2) is 15.5 Å². The Balaban J connectivity index is 1.93. The maximum absolute atomic E-state index is 12.7. The van der Waals surface area contributed by atoms with Gasteiger partial charge in [0.05, 0.1) is 4.88 Å². The van der Waals surface area contributed by atoms with E-state index in [2.05, 4.69) is 10.3 Å². The molecule has 0 aliphatic heterocycles. The molecular formula is C18H19N3OS. The lowest BCUT2D eigenvalue weighted by molar-refractivity contribution is 0.0945. The van der Waals surface area contributed by atoms with Crippen LogP contribution in [0, 0.1) is 13.8 Å². The van der Waals surface area contributed by atoms with Crippen molar-refractivity contribution in [2.45, 2.75) is 19.9 Å². The fourth-order valence-corrected chi connectivity index (χ4v) is 3.42. The summed E-state index contributed by atoms with van der Waals surface area (Å²) in [6, 6.07) is 11.6. The van der Waals surface area contributed by atoms with Crippen molar-refractivity contribution in [2.24, 2.45) is 7.05 Å². The zero-order valence-corrected chi connectivity index (χ0v) is 14.2. The van der Waals surface area contributed by atoms with Gasteiger partial charge in [-0.3, -0.25) is 4.79 Å². The van der Waals surface area contributed by atoms with E-state index in [1.54, 1.807) is 6.20 Å². The van der Waals surface area contributed by atoms with Gasteiger partial charge >= 0.3 is 0 Å². The molecule has 0 spiro atoms. The van der Waals surface area contributed by atoms with Gasteiger partial charge in [-0.25, -0.2) is 4.98 Å². The lowest BCUT2D eigenvalue weighted by Crippen LogP contribution is -2.30. The number of aryl methyl sites for hydroxylation is 3. The third-order valence-corrected chi connectivity index (χ3v) is 5.07. The smallest absolute Gasteiger partial charge is 0.262 e. The molecule has 1 N–H and O–H groups in total. The number of amides is 1. The first-order valence-corrected chi connectivity index (χ1v) is 8.28. The number of carbonyl (C=O) groups excluding carboxylic acids is 1. The van der Waals surface area contributed by atoms with Crippen LogP contribution in [0.5, 0.6) is 0 Å². The zero-order chi connectivity index (χ0) is 16.4. The molecule has 3 aromatic rings. The van der Waals surface area contributed by atoms with Gasteiger partial charge in [-0.05, 0) is 31.0 Å². The lowest BCUT2D eigenvalue weighted by atomic mass is 10.1. The summed E-state index contributed by atoms with van der Waals surface area (Å²) in [5.41, 5.74) is 2.16. The highest BCUT2D eigenvalue weighted by molar-refractivity contribution is 7.14. The van der Waals surface area contributed by atoms with Crippen molar-refractivity contribution in [2.75, 3.05) is 0 Å². The van der Waals surface area contributed by atoms with Crippen molar-refractivity contribution in [1.82, 2.24) is 14.9 Å². The molecule has 23 heavy (non-hydrogen) atoms. The van der Waals surface area contributed by atoms with Crippen molar-refractivity contribution in [3.63, 3.8) is 0 Å². The van der Waals surface area contributed by atoms with Crippen LogP contribution in [-0.2, 0) is 7.05 Å². The standard InChI is InChI=1S/C18H19N3OS/c1-12-11-15(23-13(12)2)18(22)20-16(14-7-5-4-6-8-14)17-19-9-10-21(17)3/h4-11,16H,1-3H3,(H,20,22). The predicted molar refractivity (Wildman–Crippen MR) is 92.8 cm³/mol. The topological polar surface area (TPSA) is 46.9 Å². The first-order valence-electron chi connectivity index (χ1n) is 7.46. The molecule has 0 radical (unpaired) electrons. The molecule has 5 heteroatoms. The molecule has 0 aliphatic carbocycles. The van der Waals surface area contributed by atoms with Crippen LogP contribution in [0.1, 0.15) is 37.5 Å². The molecule has 0 saturated carbocycles. The van der Waals surface area contributed by atoms with Gasteiger partial charge < -0.3 is 9.88 Å². The largest absolute Gasteiger partial charge is 0.337 e.